The molecule has 1 unspecified atom stereocenters. The van der Waals surface area contributed by atoms with Gasteiger partial charge in [0.2, 0.25) is 5.91 Å². The predicted octanol–water partition coefficient (Wildman–Crippen LogP) is 1.61. The summed E-state index contributed by atoms with van der Waals surface area (Å²) in [6.45, 7) is 5.65. The van der Waals surface area contributed by atoms with E-state index in [1.54, 1.807) is 0 Å². The minimum Gasteiger partial charge on any atom is -0.409 e. The number of amidine groups is 1. The number of nitrogens with zero attached hydrogens (tertiary/aromatic N) is 1. The summed E-state index contributed by atoms with van der Waals surface area (Å²) in [6, 6.07) is -0.406. The Morgan fingerprint density at radius 1 is 1.40 bits per heavy atom. The Balaban J connectivity index is 2.58. The first kappa shape index (κ1) is 16.8. The molecule has 1 aliphatic rings. The van der Waals surface area contributed by atoms with Crippen molar-refractivity contribution in [3.63, 3.8) is 0 Å². The quantitative estimate of drug-likeness (QED) is 0.309. The van der Waals surface area contributed by atoms with Gasteiger partial charge in [-0.1, -0.05) is 24.4 Å². The maximum absolute atomic E-state index is 11.9. The molecule has 20 heavy (non-hydrogen) atoms. The maximum atomic E-state index is 11.9. The van der Waals surface area contributed by atoms with Gasteiger partial charge in [0.25, 0.3) is 0 Å². The molecule has 0 radical (unpaired) electrons. The average Bonchev–Trinajstić information content (AvgIpc) is 2.42. The fourth-order valence-electron chi connectivity index (χ4n) is 2.46. The van der Waals surface area contributed by atoms with Gasteiger partial charge in [-0.15, -0.1) is 0 Å². The van der Waals surface area contributed by atoms with Crippen LogP contribution in [0.4, 0.5) is 0 Å². The fourth-order valence-corrected chi connectivity index (χ4v) is 2.46. The predicted molar refractivity (Wildman–Crippen MR) is 77.6 cm³/mol. The molecule has 6 heteroatoms. The van der Waals surface area contributed by atoms with Crippen LogP contribution in [0.2, 0.25) is 0 Å². The summed E-state index contributed by atoms with van der Waals surface area (Å²) in [4.78, 5) is 11.9. The highest BCUT2D eigenvalue weighted by Gasteiger charge is 2.28. The van der Waals surface area contributed by atoms with Gasteiger partial charge in [0.15, 0.2) is 5.84 Å². The van der Waals surface area contributed by atoms with Crippen LogP contribution in [0.25, 0.3) is 0 Å². The van der Waals surface area contributed by atoms with Crippen molar-refractivity contribution < 1.29 is 14.7 Å². The molecular formula is C14H27N3O3. The van der Waals surface area contributed by atoms with E-state index in [4.69, 9.17) is 15.7 Å². The number of ether oxygens (including phenoxy) is 1. The fraction of sp³-hybridized carbons (Fsp3) is 0.857. The highest BCUT2D eigenvalue weighted by atomic mass is 16.5. The molecule has 1 aliphatic carbocycles. The van der Waals surface area contributed by atoms with E-state index >= 15 is 0 Å². The molecule has 1 atom stereocenters. The maximum Gasteiger partial charge on any atom is 0.246 e. The summed E-state index contributed by atoms with van der Waals surface area (Å²) in [5, 5.41) is 14.8. The minimum absolute atomic E-state index is 0.0224. The van der Waals surface area contributed by atoms with E-state index in [1.807, 2.05) is 20.8 Å². The van der Waals surface area contributed by atoms with Crippen molar-refractivity contribution in [3.8, 4) is 0 Å². The summed E-state index contributed by atoms with van der Waals surface area (Å²) < 4.78 is 5.44. The molecule has 0 spiro atoms. The SMILES string of the molecule is CC(C)(C)OCC(=O)NC(C(N)=NO)C1CCCCC1. The van der Waals surface area contributed by atoms with Crippen molar-refractivity contribution in [3.05, 3.63) is 0 Å². The molecule has 0 bridgehead atoms. The second-order valence-electron chi connectivity index (χ2n) is 6.37. The largest absolute Gasteiger partial charge is 0.409 e. The number of rotatable bonds is 5. The summed E-state index contributed by atoms with van der Waals surface area (Å²) in [5.74, 6) is 0.0707. The lowest BCUT2D eigenvalue weighted by molar-refractivity contribution is -0.131. The summed E-state index contributed by atoms with van der Waals surface area (Å²) in [6.07, 6.45) is 5.42. The van der Waals surface area contributed by atoms with Gasteiger partial charge in [-0.3, -0.25) is 4.79 Å². The van der Waals surface area contributed by atoms with E-state index in [-0.39, 0.29) is 29.9 Å². The van der Waals surface area contributed by atoms with Crippen LogP contribution in [0.3, 0.4) is 0 Å². The lowest BCUT2D eigenvalue weighted by atomic mass is 9.83. The molecule has 1 amide bonds. The van der Waals surface area contributed by atoms with Gasteiger partial charge in [-0.2, -0.15) is 0 Å². The zero-order chi connectivity index (χ0) is 15.2. The number of hydrogen-bond acceptors (Lipinski definition) is 4. The van der Waals surface area contributed by atoms with E-state index in [9.17, 15) is 4.79 Å². The number of carbonyl (C=O) groups is 1. The molecule has 0 aromatic carbocycles. The summed E-state index contributed by atoms with van der Waals surface area (Å²) in [5.41, 5.74) is 5.36. The molecule has 0 saturated heterocycles. The highest BCUT2D eigenvalue weighted by molar-refractivity contribution is 5.90. The molecule has 0 aliphatic heterocycles. The van der Waals surface area contributed by atoms with Gasteiger partial charge in [-0.05, 0) is 39.5 Å². The lowest BCUT2D eigenvalue weighted by Crippen LogP contribution is -2.51. The summed E-state index contributed by atoms with van der Waals surface area (Å²) in [7, 11) is 0. The zero-order valence-electron chi connectivity index (χ0n) is 12.7. The standard InChI is InChI=1S/C14H27N3O3/c1-14(2,3)20-9-11(18)16-12(13(15)17-19)10-7-5-4-6-8-10/h10,12,19H,4-9H2,1-3H3,(H2,15,17)(H,16,18). The molecule has 1 saturated carbocycles. The van der Waals surface area contributed by atoms with Crippen LogP contribution >= 0.6 is 0 Å². The molecule has 4 N–H and O–H groups in total. The molecule has 0 heterocycles. The molecule has 1 rings (SSSR count). The Hall–Kier alpha value is -1.30. The third kappa shape index (κ3) is 5.77. The van der Waals surface area contributed by atoms with E-state index in [1.165, 1.54) is 6.42 Å². The first-order valence-corrected chi connectivity index (χ1v) is 7.24. The Labute approximate surface area is 120 Å². The highest BCUT2D eigenvalue weighted by Crippen LogP contribution is 2.26. The van der Waals surface area contributed by atoms with E-state index < -0.39 is 6.04 Å². The van der Waals surface area contributed by atoms with Crippen LogP contribution in [0, 0.1) is 5.92 Å². The van der Waals surface area contributed by atoms with Crippen molar-refractivity contribution in [2.24, 2.45) is 16.8 Å². The molecule has 1 fully saturated rings. The molecular weight excluding hydrogens is 258 g/mol. The lowest BCUT2D eigenvalue weighted by Gasteiger charge is -2.30. The van der Waals surface area contributed by atoms with Crippen molar-refractivity contribution in [1.29, 1.82) is 0 Å². The van der Waals surface area contributed by atoms with Crippen LogP contribution in [0.5, 0.6) is 0 Å². The number of carbonyl (C=O) groups excluding carboxylic acids is 1. The van der Waals surface area contributed by atoms with Crippen molar-refractivity contribution in [2.75, 3.05) is 6.61 Å². The van der Waals surface area contributed by atoms with Gasteiger partial charge in [0.05, 0.1) is 11.6 Å². The zero-order valence-corrected chi connectivity index (χ0v) is 12.7. The first-order valence-electron chi connectivity index (χ1n) is 7.24. The number of nitrogens with one attached hydrogen (secondary N) is 1. The van der Waals surface area contributed by atoms with E-state index in [0.717, 1.165) is 25.7 Å². The normalized spacial score (nSPS) is 19.6. The van der Waals surface area contributed by atoms with Crippen LogP contribution < -0.4 is 11.1 Å². The minimum atomic E-state index is -0.406. The van der Waals surface area contributed by atoms with E-state index in [2.05, 4.69) is 10.5 Å². The Bertz CT molecular complexity index is 344. The number of hydrogen-bond donors (Lipinski definition) is 3. The van der Waals surface area contributed by atoms with Crippen LogP contribution in [0.1, 0.15) is 52.9 Å². The Morgan fingerprint density at radius 2 is 2.00 bits per heavy atom. The first-order chi connectivity index (χ1) is 9.33. The van der Waals surface area contributed by atoms with Gasteiger partial charge in [0.1, 0.15) is 6.61 Å². The topological polar surface area (TPSA) is 96.9 Å². The van der Waals surface area contributed by atoms with E-state index in [0.29, 0.717) is 0 Å². The van der Waals surface area contributed by atoms with Crippen LogP contribution in [0.15, 0.2) is 5.16 Å². The number of amides is 1. The average molecular weight is 285 g/mol. The van der Waals surface area contributed by atoms with Gasteiger partial charge < -0.3 is 21.0 Å². The monoisotopic (exact) mass is 285 g/mol. The smallest absolute Gasteiger partial charge is 0.246 e. The van der Waals surface area contributed by atoms with Gasteiger partial charge >= 0.3 is 0 Å². The molecule has 0 aromatic heterocycles. The Kier molecular flexibility index (Phi) is 6.26. The molecule has 116 valence electrons. The van der Waals surface area contributed by atoms with Crippen molar-refractivity contribution >= 4 is 11.7 Å². The Morgan fingerprint density at radius 3 is 2.50 bits per heavy atom. The second kappa shape index (κ2) is 7.47. The van der Waals surface area contributed by atoms with Gasteiger partial charge in [-0.25, -0.2) is 0 Å². The third-order valence-corrected chi connectivity index (χ3v) is 3.51. The van der Waals surface area contributed by atoms with Crippen LogP contribution in [-0.4, -0.2) is 35.2 Å². The van der Waals surface area contributed by atoms with Crippen molar-refractivity contribution in [1.82, 2.24) is 5.32 Å². The number of nitrogens with two attached hydrogens (primary N) is 1. The molecule has 0 aromatic rings. The van der Waals surface area contributed by atoms with Gasteiger partial charge in [0, 0.05) is 0 Å². The van der Waals surface area contributed by atoms with Crippen molar-refractivity contribution in [2.45, 2.75) is 64.5 Å². The third-order valence-electron chi connectivity index (χ3n) is 3.51. The number of oxime groups is 1. The molecule has 6 nitrogen and oxygen atoms in total. The summed E-state index contributed by atoms with van der Waals surface area (Å²) >= 11 is 0. The second-order valence-corrected chi connectivity index (χ2v) is 6.37. The van der Waals surface area contributed by atoms with Crippen LogP contribution in [-0.2, 0) is 9.53 Å².